The Bertz CT molecular complexity index is 450. The molecule has 0 saturated heterocycles. The lowest BCUT2D eigenvalue weighted by molar-refractivity contribution is -0.869. The highest BCUT2D eigenvalue weighted by molar-refractivity contribution is 5.75. The summed E-state index contributed by atoms with van der Waals surface area (Å²) >= 11 is 0. The number of nitrogens with zero attached hydrogens (tertiary/aromatic N) is 1. The minimum Gasteiger partial charge on any atom is -0.548 e. The Morgan fingerprint density at radius 3 is 1.84 bits per heavy atom. The van der Waals surface area contributed by atoms with E-state index in [-0.39, 0.29) is 5.91 Å². The summed E-state index contributed by atoms with van der Waals surface area (Å²) in [7, 11) is 6.23. The van der Waals surface area contributed by atoms with Crippen LogP contribution < -0.4 is 15.7 Å². The van der Waals surface area contributed by atoms with E-state index in [1.807, 2.05) is 0 Å². The summed E-state index contributed by atoms with van der Waals surface area (Å²) < 4.78 is 0.790. The van der Waals surface area contributed by atoms with Crippen molar-refractivity contribution in [2.75, 3.05) is 40.8 Å². The van der Waals surface area contributed by atoms with Gasteiger partial charge in [-0.15, -0.1) is 0 Å². The Morgan fingerprint density at radius 2 is 1.32 bits per heavy atom. The van der Waals surface area contributed by atoms with Crippen LogP contribution in [-0.2, 0) is 9.59 Å². The van der Waals surface area contributed by atoms with E-state index in [1.54, 1.807) is 0 Å². The van der Waals surface area contributed by atoms with Gasteiger partial charge >= 0.3 is 0 Å². The molecule has 1 atom stereocenters. The Morgan fingerprint density at radius 1 is 0.774 bits per heavy atom. The molecule has 0 aliphatic carbocycles. The molecule has 0 aromatic carbocycles. The molecule has 0 aromatic rings. The highest BCUT2D eigenvalue weighted by Crippen LogP contribution is 2.12. The number of carboxylic acids is 1. The number of carboxylic acid groups (broad SMARTS) is 1. The van der Waals surface area contributed by atoms with Crippen molar-refractivity contribution in [2.24, 2.45) is 0 Å². The number of carbonyl (C=O) groups excluding carboxylic acids is 2. The van der Waals surface area contributed by atoms with Crippen molar-refractivity contribution in [2.45, 2.75) is 109 Å². The molecule has 0 spiro atoms. The fourth-order valence-electron chi connectivity index (χ4n) is 3.62. The average Bonchev–Trinajstić information content (AvgIpc) is 2.69. The van der Waals surface area contributed by atoms with E-state index in [2.05, 4.69) is 38.7 Å². The van der Waals surface area contributed by atoms with Crippen LogP contribution in [0, 0.1) is 0 Å². The SMILES string of the molecule is CCCCCCCCCCCCCC(=O)NCCCC[C@H](NCC[N+](C)(C)C)C(=O)[O-]. The van der Waals surface area contributed by atoms with Gasteiger partial charge in [0.05, 0.1) is 33.7 Å². The summed E-state index contributed by atoms with van der Waals surface area (Å²) in [6.45, 7) is 4.38. The third-order valence-corrected chi connectivity index (χ3v) is 5.71. The maximum atomic E-state index is 11.9. The molecule has 0 aromatic heterocycles. The van der Waals surface area contributed by atoms with Gasteiger partial charge in [-0.3, -0.25) is 4.79 Å². The smallest absolute Gasteiger partial charge is 0.219 e. The number of hydrogen-bond acceptors (Lipinski definition) is 4. The van der Waals surface area contributed by atoms with Crippen molar-refractivity contribution in [3.8, 4) is 0 Å². The van der Waals surface area contributed by atoms with E-state index in [1.165, 1.54) is 57.8 Å². The number of quaternary nitrogens is 1. The molecule has 0 bridgehead atoms. The quantitative estimate of drug-likeness (QED) is 0.199. The van der Waals surface area contributed by atoms with E-state index >= 15 is 0 Å². The van der Waals surface area contributed by atoms with E-state index < -0.39 is 12.0 Å². The largest absolute Gasteiger partial charge is 0.548 e. The topological polar surface area (TPSA) is 81.3 Å². The number of hydrogen-bond donors (Lipinski definition) is 2. The van der Waals surface area contributed by atoms with Crippen molar-refractivity contribution in [1.82, 2.24) is 10.6 Å². The summed E-state index contributed by atoms with van der Waals surface area (Å²) in [6, 6.07) is -0.612. The molecule has 184 valence electrons. The third-order valence-electron chi connectivity index (χ3n) is 5.71. The van der Waals surface area contributed by atoms with E-state index in [0.717, 1.165) is 36.7 Å². The summed E-state index contributed by atoms with van der Waals surface area (Å²) in [5, 5.41) is 17.3. The minimum atomic E-state index is -1.04. The highest BCUT2D eigenvalue weighted by Gasteiger charge is 2.12. The predicted octanol–water partition coefficient (Wildman–Crippen LogP) is 3.39. The van der Waals surface area contributed by atoms with Gasteiger partial charge in [-0.25, -0.2) is 0 Å². The van der Waals surface area contributed by atoms with Crippen LogP contribution in [-0.4, -0.2) is 63.2 Å². The van der Waals surface area contributed by atoms with Crippen LogP contribution in [0.5, 0.6) is 0 Å². The van der Waals surface area contributed by atoms with Gasteiger partial charge < -0.3 is 25.0 Å². The zero-order valence-corrected chi connectivity index (χ0v) is 21.0. The van der Waals surface area contributed by atoms with Crippen LogP contribution in [0.25, 0.3) is 0 Å². The average molecular weight is 442 g/mol. The van der Waals surface area contributed by atoms with Crippen LogP contribution >= 0.6 is 0 Å². The van der Waals surface area contributed by atoms with Gasteiger partial charge in [0, 0.05) is 25.6 Å². The number of nitrogens with one attached hydrogen (secondary N) is 2. The zero-order valence-electron chi connectivity index (χ0n) is 21.0. The van der Waals surface area contributed by atoms with Crippen molar-refractivity contribution < 1.29 is 19.2 Å². The van der Waals surface area contributed by atoms with E-state index in [0.29, 0.717) is 25.9 Å². The number of unbranched alkanes of at least 4 members (excludes halogenated alkanes) is 11. The lowest BCUT2D eigenvalue weighted by Gasteiger charge is -2.26. The number of carbonyl (C=O) groups is 2. The number of amides is 1. The second-order valence-electron chi connectivity index (χ2n) is 9.97. The number of aliphatic carboxylic acids is 1. The fourth-order valence-corrected chi connectivity index (χ4v) is 3.62. The molecule has 0 saturated carbocycles. The summed E-state index contributed by atoms with van der Waals surface area (Å²) in [5.41, 5.74) is 0. The molecular formula is C25H51N3O3. The molecule has 0 aliphatic heterocycles. The zero-order chi connectivity index (χ0) is 23.4. The van der Waals surface area contributed by atoms with Gasteiger partial charge in [-0.1, -0.05) is 71.1 Å². The monoisotopic (exact) mass is 441 g/mol. The maximum absolute atomic E-state index is 11.9. The van der Waals surface area contributed by atoms with Crippen LogP contribution in [0.4, 0.5) is 0 Å². The van der Waals surface area contributed by atoms with Crippen LogP contribution in [0.1, 0.15) is 103 Å². The lowest BCUT2D eigenvalue weighted by atomic mass is 10.1. The summed E-state index contributed by atoms with van der Waals surface area (Å²) in [6.07, 6.45) is 16.8. The molecular weight excluding hydrogens is 390 g/mol. The van der Waals surface area contributed by atoms with Gasteiger partial charge in [0.1, 0.15) is 0 Å². The molecule has 1 amide bonds. The van der Waals surface area contributed by atoms with Crippen LogP contribution in [0.2, 0.25) is 0 Å². The first-order chi connectivity index (χ1) is 14.8. The Labute approximate surface area is 192 Å². The minimum absolute atomic E-state index is 0.119. The Balaban J connectivity index is 3.55. The molecule has 6 nitrogen and oxygen atoms in total. The van der Waals surface area contributed by atoms with Gasteiger partial charge in [0.15, 0.2) is 0 Å². The molecule has 31 heavy (non-hydrogen) atoms. The highest BCUT2D eigenvalue weighted by atomic mass is 16.4. The number of likely N-dealkylation sites (N-methyl/N-ethyl adjacent to an activating group) is 1. The normalized spacial score (nSPS) is 12.6. The molecule has 0 aliphatic rings. The van der Waals surface area contributed by atoms with Gasteiger partial charge in [0.2, 0.25) is 5.91 Å². The van der Waals surface area contributed by atoms with Gasteiger partial charge in [-0.2, -0.15) is 0 Å². The van der Waals surface area contributed by atoms with Crippen molar-refractivity contribution in [1.29, 1.82) is 0 Å². The maximum Gasteiger partial charge on any atom is 0.219 e. The Kier molecular flexibility index (Phi) is 18.8. The van der Waals surface area contributed by atoms with Gasteiger partial charge in [0.25, 0.3) is 0 Å². The molecule has 0 fully saturated rings. The van der Waals surface area contributed by atoms with Crippen LogP contribution in [0.15, 0.2) is 0 Å². The third kappa shape index (κ3) is 21.9. The van der Waals surface area contributed by atoms with Crippen molar-refractivity contribution in [3.63, 3.8) is 0 Å². The van der Waals surface area contributed by atoms with Crippen molar-refractivity contribution in [3.05, 3.63) is 0 Å². The first-order valence-electron chi connectivity index (χ1n) is 12.8. The first kappa shape index (κ1) is 29.9. The number of rotatable bonds is 22. The predicted molar refractivity (Wildman–Crippen MR) is 128 cm³/mol. The summed E-state index contributed by atoms with van der Waals surface area (Å²) in [4.78, 5) is 23.2. The first-order valence-corrected chi connectivity index (χ1v) is 12.8. The van der Waals surface area contributed by atoms with E-state index in [9.17, 15) is 14.7 Å². The molecule has 2 N–H and O–H groups in total. The molecule has 0 rings (SSSR count). The fraction of sp³-hybridized carbons (Fsp3) is 0.920. The van der Waals surface area contributed by atoms with Crippen molar-refractivity contribution >= 4 is 11.9 Å². The van der Waals surface area contributed by atoms with Gasteiger partial charge in [-0.05, 0) is 25.7 Å². The summed E-state index contributed by atoms with van der Waals surface area (Å²) in [5.74, 6) is -0.921. The molecule has 0 heterocycles. The van der Waals surface area contributed by atoms with E-state index in [4.69, 9.17) is 0 Å². The standard InChI is InChI=1S/C25H51N3O3/c1-5-6-7-8-9-10-11-12-13-14-15-19-24(29)27-20-17-16-18-23(25(30)31)26-21-22-28(2,3)4/h23,26H,5-22H2,1-4H3,(H-,27,29,30,31)/t23-/m0/s1. The molecule has 0 radical (unpaired) electrons. The molecule has 6 heteroatoms. The lowest BCUT2D eigenvalue weighted by Crippen LogP contribution is -2.49. The van der Waals surface area contributed by atoms with Crippen LogP contribution in [0.3, 0.4) is 0 Å². The molecule has 0 unspecified atom stereocenters. The Hall–Kier alpha value is -1.14. The second-order valence-corrected chi connectivity index (χ2v) is 9.97. The second kappa shape index (κ2) is 19.5.